The summed E-state index contributed by atoms with van der Waals surface area (Å²) in [5.74, 6) is -2.22. The Labute approximate surface area is 193 Å². The van der Waals surface area contributed by atoms with E-state index in [1.54, 1.807) is 18.2 Å². The van der Waals surface area contributed by atoms with Crippen LogP contribution in [-0.2, 0) is 11.4 Å². The number of carbonyl (C=O) groups excluding carboxylic acids is 2. The standard InChI is InChI=1S/C22H22ClFN4O3S/c1-13(29)25-22(30)20-16(28-9-7-27(2)8-10-28)4-5-17(21(20)24)31-12-19-26-15-11-14(23)3-6-18(15)32-19/h3-6,11H,7-10,12H2,1-2H3,(H,25,29,30). The van der Waals surface area contributed by atoms with Crippen molar-refractivity contribution < 1.29 is 18.7 Å². The molecule has 1 fully saturated rings. The van der Waals surface area contributed by atoms with Gasteiger partial charge < -0.3 is 14.5 Å². The minimum atomic E-state index is -0.802. The smallest absolute Gasteiger partial charge is 0.263 e. The monoisotopic (exact) mass is 476 g/mol. The zero-order valence-electron chi connectivity index (χ0n) is 17.7. The number of carbonyl (C=O) groups is 2. The summed E-state index contributed by atoms with van der Waals surface area (Å²) < 4.78 is 22.1. The topological polar surface area (TPSA) is 74.8 Å². The lowest BCUT2D eigenvalue weighted by molar-refractivity contribution is -0.118. The maximum Gasteiger partial charge on any atom is 0.263 e. The molecule has 2 aromatic carbocycles. The van der Waals surface area contributed by atoms with Crippen molar-refractivity contribution in [3.05, 3.63) is 51.7 Å². The number of imide groups is 1. The lowest BCUT2D eigenvalue weighted by Crippen LogP contribution is -2.45. The molecular formula is C22H22ClFN4O3S. The molecule has 0 saturated carbocycles. The van der Waals surface area contributed by atoms with Gasteiger partial charge in [0, 0.05) is 38.1 Å². The molecule has 1 N–H and O–H groups in total. The van der Waals surface area contributed by atoms with Crippen LogP contribution in [0.4, 0.5) is 10.1 Å². The van der Waals surface area contributed by atoms with Crippen LogP contribution < -0.4 is 15.0 Å². The lowest BCUT2D eigenvalue weighted by atomic mass is 10.1. The van der Waals surface area contributed by atoms with Crippen molar-refractivity contribution in [1.82, 2.24) is 15.2 Å². The molecule has 2 amide bonds. The second-order valence-electron chi connectivity index (χ2n) is 7.58. The van der Waals surface area contributed by atoms with Gasteiger partial charge in [0.05, 0.1) is 15.9 Å². The van der Waals surface area contributed by atoms with Crippen LogP contribution in [0.2, 0.25) is 5.02 Å². The summed E-state index contributed by atoms with van der Waals surface area (Å²) >= 11 is 7.43. The van der Waals surface area contributed by atoms with E-state index in [0.29, 0.717) is 28.8 Å². The Bertz CT molecular complexity index is 1180. The number of halogens is 2. The van der Waals surface area contributed by atoms with Crippen LogP contribution in [0.25, 0.3) is 10.2 Å². The van der Waals surface area contributed by atoms with E-state index in [-0.39, 0.29) is 17.9 Å². The number of nitrogens with one attached hydrogen (secondary N) is 1. The molecule has 0 bridgehead atoms. The summed E-state index contributed by atoms with van der Waals surface area (Å²) in [4.78, 5) is 32.7. The molecular weight excluding hydrogens is 455 g/mol. The molecule has 168 valence electrons. The number of amides is 2. The largest absolute Gasteiger partial charge is 0.483 e. The van der Waals surface area contributed by atoms with Crippen molar-refractivity contribution in [2.24, 2.45) is 0 Å². The van der Waals surface area contributed by atoms with Crippen LogP contribution in [-0.4, -0.2) is 54.9 Å². The molecule has 3 aromatic rings. The van der Waals surface area contributed by atoms with Gasteiger partial charge in [0.25, 0.3) is 5.91 Å². The quantitative estimate of drug-likeness (QED) is 0.605. The molecule has 0 spiro atoms. The number of benzene rings is 2. The molecule has 7 nitrogen and oxygen atoms in total. The number of likely N-dealkylation sites (N-methyl/N-ethyl adjacent to an activating group) is 1. The second kappa shape index (κ2) is 9.40. The van der Waals surface area contributed by atoms with Gasteiger partial charge in [0.1, 0.15) is 17.2 Å². The van der Waals surface area contributed by atoms with Gasteiger partial charge >= 0.3 is 0 Å². The lowest BCUT2D eigenvalue weighted by Gasteiger charge is -2.35. The van der Waals surface area contributed by atoms with Crippen LogP contribution in [0.3, 0.4) is 0 Å². The molecule has 4 rings (SSSR count). The fourth-order valence-electron chi connectivity index (χ4n) is 3.56. The number of anilines is 1. The summed E-state index contributed by atoms with van der Waals surface area (Å²) in [5, 5.41) is 3.42. The first kappa shape index (κ1) is 22.4. The third kappa shape index (κ3) is 4.85. The molecule has 2 heterocycles. The maximum atomic E-state index is 15.5. The van der Waals surface area contributed by atoms with Crippen molar-refractivity contribution in [3.63, 3.8) is 0 Å². The average molecular weight is 477 g/mol. The van der Waals surface area contributed by atoms with Crippen molar-refractivity contribution in [2.75, 3.05) is 38.1 Å². The number of fused-ring (bicyclic) bond motifs is 1. The Balaban J connectivity index is 1.61. The Morgan fingerprint density at radius 3 is 2.69 bits per heavy atom. The van der Waals surface area contributed by atoms with Crippen LogP contribution in [0.5, 0.6) is 5.75 Å². The van der Waals surface area contributed by atoms with Crippen LogP contribution in [0, 0.1) is 5.82 Å². The molecule has 1 saturated heterocycles. The minimum absolute atomic E-state index is 0.0372. The van der Waals surface area contributed by atoms with E-state index in [4.69, 9.17) is 16.3 Å². The first-order valence-electron chi connectivity index (χ1n) is 10.1. The Hall–Kier alpha value is -2.75. The van der Waals surface area contributed by atoms with Gasteiger partial charge in [-0.1, -0.05) is 11.6 Å². The summed E-state index contributed by atoms with van der Waals surface area (Å²) in [6.07, 6.45) is 0. The summed E-state index contributed by atoms with van der Waals surface area (Å²) in [5.41, 5.74) is 0.989. The zero-order chi connectivity index (χ0) is 22.8. The van der Waals surface area contributed by atoms with E-state index >= 15 is 4.39 Å². The fraction of sp³-hybridized carbons (Fsp3) is 0.318. The molecule has 0 atom stereocenters. The Morgan fingerprint density at radius 1 is 1.22 bits per heavy atom. The second-order valence-corrected chi connectivity index (χ2v) is 9.13. The normalized spacial score (nSPS) is 14.6. The molecule has 10 heteroatoms. The number of hydrogen-bond acceptors (Lipinski definition) is 7. The average Bonchev–Trinajstić information content (AvgIpc) is 3.14. The molecule has 0 aliphatic carbocycles. The van der Waals surface area contributed by atoms with Gasteiger partial charge in [0.2, 0.25) is 5.91 Å². The van der Waals surface area contributed by atoms with Crippen molar-refractivity contribution in [2.45, 2.75) is 13.5 Å². The summed E-state index contributed by atoms with van der Waals surface area (Å²) in [6.45, 7) is 4.11. The van der Waals surface area contributed by atoms with Crippen molar-refractivity contribution >= 4 is 50.7 Å². The van der Waals surface area contributed by atoms with Gasteiger partial charge in [-0.3, -0.25) is 14.9 Å². The molecule has 32 heavy (non-hydrogen) atoms. The van der Waals surface area contributed by atoms with Gasteiger partial charge in [-0.05, 0) is 37.4 Å². The highest BCUT2D eigenvalue weighted by atomic mass is 35.5. The molecule has 0 unspecified atom stereocenters. The molecule has 0 radical (unpaired) electrons. The van der Waals surface area contributed by atoms with Crippen LogP contribution >= 0.6 is 22.9 Å². The SMILES string of the molecule is CC(=O)NC(=O)c1c(N2CCN(C)CC2)ccc(OCc2nc3cc(Cl)ccc3s2)c1F. The van der Waals surface area contributed by atoms with E-state index < -0.39 is 17.6 Å². The first-order chi connectivity index (χ1) is 15.3. The summed E-state index contributed by atoms with van der Waals surface area (Å²) in [6, 6.07) is 8.58. The van der Waals surface area contributed by atoms with E-state index in [1.807, 2.05) is 18.0 Å². The number of piperazine rings is 1. The Morgan fingerprint density at radius 2 is 1.97 bits per heavy atom. The third-order valence-electron chi connectivity index (χ3n) is 5.19. The number of nitrogens with zero attached hydrogens (tertiary/aromatic N) is 3. The molecule has 1 aromatic heterocycles. The number of thiazole rings is 1. The number of rotatable bonds is 5. The zero-order valence-corrected chi connectivity index (χ0v) is 19.2. The minimum Gasteiger partial charge on any atom is -0.483 e. The predicted molar refractivity (Wildman–Crippen MR) is 123 cm³/mol. The fourth-order valence-corrected chi connectivity index (χ4v) is 4.58. The highest BCUT2D eigenvalue weighted by Crippen LogP contribution is 2.32. The van der Waals surface area contributed by atoms with Gasteiger partial charge in [-0.2, -0.15) is 0 Å². The van der Waals surface area contributed by atoms with Crippen LogP contribution in [0.1, 0.15) is 22.3 Å². The number of ether oxygens (including phenoxy) is 1. The first-order valence-corrected chi connectivity index (χ1v) is 11.3. The van der Waals surface area contributed by atoms with Crippen molar-refractivity contribution in [1.29, 1.82) is 0 Å². The maximum absolute atomic E-state index is 15.5. The van der Waals surface area contributed by atoms with E-state index in [2.05, 4.69) is 15.2 Å². The molecule has 1 aliphatic rings. The molecule has 1 aliphatic heterocycles. The highest BCUT2D eigenvalue weighted by molar-refractivity contribution is 7.18. The predicted octanol–water partition coefficient (Wildman–Crippen LogP) is 3.70. The van der Waals surface area contributed by atoms with Crippen molar-refractivity contribution in [3.8, 4) is 5.75 Å². The van der Waals surface area contributed by atoms with Gasteiger partial charge in [-0.15, -0.1) is 11.3 Å². The third-order valence-corrected chi connectivity index (χ3v) is 6.44. The number of aromatic nitrogens is 1. The van der Waals surface area contributed by atoms with E-state index in [1.165, 1.54) is 24.3 Å². The highest BCUT2D eigenvalue weighted by Gasteiger charge is 2.26. The number of hydrogen-bond donors (Lipinski definition) is 1. The van der Waals surface area contributed by atoms with Gasteiger partial charge in [-0.25, -0.2) is 9.37 Å². The summed E-state index contributed by atoms with van der Waals surface area (Å²) in [7, 11) is 2.01. The van der Waals surface area contributed by atoms with Crippen LogP contribution in [0.15, 0.2) is 30.3 Å². The van der Waals surface area contributed by atoms with Gasteiger partial charge in [0.15, 0.2) is 11.6 Å². The Kier molecular flexibility index (Phi) is 6.59. The van der Waals surface area contributed by atoms with E-state index in [9.17, 15) is 9.59 Å². The van der Waals surface area contributed by atoms with E-state index in [0.717, 1.165) is 23.3 Å².